The van der Waals surface area contributed by atoms with E-state index in [-0.39, 0.29) is 18.1 Å². The van der Waals surface area contributed by atoms with Crippen LogP contribution in [0.15, 0.2) is 65.8 Å². The van der Waals surface area contributed by atoms with Crippen LogP contribution in [0.2, 0.25) is 0 Å². The summed E-state index contributed by atoms with van der Waals surface area (Å²) in [6.45, 7) is 2.45. The Morgan fingerprint density at radius 3 is 2.71 bits per heavy atom. The van der Waals surface area contributed by atoms with Crippen LogP contribution in [0.3, 0.4) is 0 Å². The van der Waals surface area contributed by atoms with E-state index >= 15 is 0 Å². The highest BCUT2D eigenvalue weighted by Crippen LogP contribution is 2.20. The third-order valence-electron chi connectivity index (χ3n) is 4.71. The van der Waals surface area contributed by atoms with Crippen LogP contribution in [0, 0.1) is 12.7 Å². The number of halogens is 1. The number of carbonyl (C=O) groups excluding carboxylic acids is 1. The van der Waals surface area contributed by atoms with Crippen molar-refractivity contribution in [2.45, 2.75) is 19.9 Å². The van der Waals surface area contributed by atoms with Gasteiger partial charge in [-0.15, -0.1) is 0 Å². The molecule has 0 aliphatic heterocycles. The highest BCUT2D eigenvalue weighted by molar-refractivity contribution is 6.00. The van der Waals surface area contributed by atoms with Gasteiger partial charge < -0.3 is 4.57 Å². The molecule has 0 radical (unpaired) electrons. The van der Waals surface area contributed by atoms with Crippen LogP contribution < -0.4 is 5.43 Å². The van der Waals surface area contributed by atoms with Crippen molar-refractivity contribution in [3.63, 3.8) is 0 Å². The molecule has 0 atom stereocenters. The van der Waals surface area contributed by atoms with E-state index in [9.17, 15) is 9.18 Å². The number of hydrazone groups is 1. The van der Waals surface area contributed by atoms with Gasteiger partial charge in [0.1, 0.15) is 11.6 Å². The molecule has 28 heavy (non-hydrogen) atoms. The Balaban J connectivity index is 1.42. The highest BCUT2D eigenvalue weighted by Gasteiger charge is 2.08. The van der Waals surface area contributed by atoms with Crippen molar-refractivity contribution in [1.29, 1.82) is 0 Å². The Morgan fingerprint density at radius 1 is 1.11 bits per heavy atom. The molecule has 0 aliphatic rings. The normalized spacial score (nSPS) is 11.5. The molecular formula is C22H19FN4O. The van der Waals surface area contributed by atoms with Crippen LogP contribution in [0.25, 0.3) is 21.8 Å². The second kappa shape index (κ2) is 7.60. The zero-order valence-electron chi connectivity index (χ0n) is 15.4. The average molecular weight is 374 g/mol. The minimum Gasteiger partial charge on any atom is -0.328 e. The van der Waals surface area contributed by atoms with E-state index in [4.69, 9.17) is 0 Å². The maximum Gasteiger partial charge on any atom is 0.241 e. The number of fused-ring (bicyclic) bond motifs is 2. The summed E-state index contributed by atoms with van der Waals surface area (Å²) < 4.78 is 15.9. The van der Waals surface area contributed by atoms with Crippen LogP contribution in [0.5, 0.6) is 0 Å². The summed E-state index contributed by atoms with van der Waals surface area (Å²) in [5.41, 5.74) is 5.21. The minimum absolute atomic E-state index is 0.195. The summed E-state index contributed by atoms with van der Waals surface area (Å²) >= 11 is 0. The van der Waals surface area contributed by atoms with Crippen molar-refractivity contribution in [2.75, 3.05) is 0 Å². The monoisotopic (exact) mass is 374 g/mol. The molecule has 0 bridgehead atoms. The predicted octanol–water partition coefficient (Wildman–Crippen LogP) is 4.18. The number of nitrogens with zero attached hydrogens (tertiary/aromatic N) is 3. The van der Waals surface area contributed by atoms with E-state index in [0.29, 0.717) is 11.9 Å². The lowest BCUT2D eigenvalue weighted by atomic mass is 10.1. The summed E-state index contributed by atoms with van der Waals surface area (Å²) in [6, 6.07) is 18.1. The summed E-state index contributed by atoms with van der Waals surface area (Å²) in [6.07, 6.45) is 1.82. The molecule has 3 aromatic carbocycles. The van der Waals surface area contributed by atoms with Crippen LogP contribution >= 0.6 is 0 Å². The van der Waals surface area contributed by atoms with E-state index < -0.39 is 0 Å². The molecule has 1 N–H and O–H groups in total. The van der Waals surface area contributed by atoms with Gasteiger partial charge in [0.25, 0.3) is 0 Å². The first kappa shape index (κ1) is 17.9. The number of benzene rings is 3. The Labute approximate surface area is 161 Å². The van der Waals surface area contributed by atoms with E-state index in [0.717, 1.165) is 27.8 Å². The second-order valence-electron chi connectivity index (χ2n) is 6.52. The number of aromatic nitrogens is 2. The third-order valence-corrected chi connectivity index (χ3v) is 4.71. The predicted molar refractivity (Wildman–Crippen MR) is 109 cm³/mol. The Hall–Kier alpha value is -3.54. The van der Waals surface area contributed by atoms with Gasteiger partial charge in [-0.25, -0.2) is 14.8 Å². The first-order chi connectivity index (χ1) is 13.6. The van der Waals surface area contributed by atoms with Gasteiger partial charge >= 0.3 is 0 Å². The van der Waals surface area contributed by atoms with E-state index in [2.05, 4.69) is 15.5 Å². The number of imidazole rings is 1. The number of amides is 1. The lowest BCUT2D eigenvalue weighted by Crippen LogP contribution is -2.19. The molecule has 0 unspecified atom stereocenters. The maximum absolute atomic E-state index is 13.9. The van der Waals surface area contributed by atoms with Crippen molar-refractivity contribution in [2.24, 2.45) is 5.10 Å². The van der Waals surface area contributed by atoms with Gasteiger partial charge in [-0.2, -0.15) is 5.10 Å². The van der Waals surface area contributed by atoms with E-state index in [1.165, 1.54) is 12.3 Å². The summed E-state index contributed by atoms with van der Waals surface area (Å²) in [5.74, 6) is 0.398. The fraction of sp³-hybridized carbons (Fsp3) is 0.136. The first-order valence-corrected chi connectivity index (χ1v) is 9.04. The molecule has 0 saturated carbocycles. The topological polar surface area (TPSA) is 59.3 Å². The summed E-state index contributed by atoms with van der Waals surface area (Å²) in [4.78, 5) is 16.7. The van der Waals surface area contributed by atoms with Crippen molar-refractivity contribution in [1.82, 2.24) is 15.0 Å². The number of para-hydroxylation sites is 2. The molecule has 0 spiro atoms. The van der Waals surface area contributed by atoms with Crippen LogP contribution in [0.4, 0.5) is 4.39 Å². The van der Waals surface area contributed by atoms with Crippen molar-refractivity contribution in [3.05, 3.63) is 77.9 Å². The molecule has 0 saturated heterocycles. The number of hydrogen-bond donors (Lipinski definition) is 1. The van der Waals surface area contributed by atoms with Gasteiger partial charge in [0, 0.05) is 23.9 Å². The zero-order chi connectivity index (χ0) is 19.5. The molecule has 1 aromatic heterocycles. The fourth-order valence-corrected chi connectivity index (χ4v) is 3.32. The second-order valence-corrected chi connectivity index (χ2v) is 6.52. The number of aryl methyl sites for hydroxylation is 2. The lowest BCUT2D eigenvalue weighted by molar-refractivity contribution is -0.121. The quantitative estimate of drug-likeness (QED) is 0.421. The molecule has 4 aromatic rings. The van der Waals surface area contributed by atoms with Crippen LogP contribution in [-0.2, 0) is 11.3 Å². The fourth-order valence-electron chi connectivity index (χ4n) is 3.32. The standard InChI is InChI=1S/C22H19FN4O/c1-15-25-20-8-4-5-9-21(20)27(15)13-12-22(28)26-24-14-16-10-11-19(23)18-7-3-2-6-17(16)18/h2-11,14H,12-13H2,1H3,(H,26,28)/b24-14+. The van der Waals surface area contributed by atoms with Crippen molar-refractivity contribution >= 4 is 33.9 Å². The summed E-state index contributed by atoms with van der Waals surface area (Å²) in [5, 5.41) is 5.31. The van der Waals surface area contributed by atoms with Crippen molar-refractivity contribution in [3.8, 4) is 0 Å². The molecule has 4 rings (SSSR count). The van der Waals surface area contributed by atoms with Crippen molar-refractivity contribution < 1.29 is 9.18 Å². The largest absolute Gasteiger partial charge is 0.328 e. The molecule has 5 nitrogen and oxygen atoms in total. The van der Waals surface area contributed by atoms with Crippen LogP contribution in [-0.4, -0.2) is 21.7 Å². The van der Waals surface area contributed by atoms with Gasteiger partial charge in [-0.05, 0) is 36.6 Å². The zero-order valence-corrected chi connectivity index (χ0v) is 15.4. The van der Waals surface area contributed by atoms with E-state index in [1.54, 1.807) is 18.2 Å². The van der Waals surface area contributed by atoms with Gasteiger partial charge in [0.05, 0.1) is 17.2 Å². The van der Waals surface area contributed by atoms with Gasteiger partial charge in [-0.1, -0.05) is 36.4 Å². The molecule has 6 heteroatoms. The highest BCUT2D eigenvalue weighted by atomic mass is 19.1. The molecule has 0 fully saturated rings. The smallest absolute Gasteiger partial charge is 0.241 e. The number of nitrogens with one attached hydrogen (secondary N) is 1. The molecule has 1 amide bonds. The first-order valence-electron chi connectivity index (χ1n) is 9.04. The lowest BCUT2D eigenvalue weighted by Gasteiger charge is -2.06. The maximum atomic E-state index is 13.9. The van der Waals surface area contributed by atoms with Crippen LogP contribution in [0.1, 0.15) is 17.8 Å². The molecule has 0 aliphatic carbocycles. The van der Waals surface area contributed by atoms with Gasteiger partial charge in [0.2, 0.25) is 5.91 Å². The average Bonchev–Trinajstić information content (AvgIpc) is 3.03. The van der Waals surface area contributed by atoms with Gasteiger partial charge in [-0.3, -0.25) is 4.79 Å². The molecule has 140 valence electrons. The SMILES string of the molecule is Cc1nc2ccccc2n1CCC(=O)N/N=C/c1ccc(F)c2ccccc12. The van der Waals surface area contributed by atoms with Gasteiger partial charge in [0.15, 0.2) is 0 Å². The Kier molecular flexibility index (Phi) is 4.85. The van der Waals surface area contributed by atoms with E-state index in [1.807, 2.05) is 47.9 Å². The third kappa shape index (κ3) is 3.49. The number of hydrogen-bond acceptors (Lipinski definition) is 3. The number of carbonyl (C=O) groups is 1. The minimum atomic E-state index is -0.278. The Morgan fingerprint density at radius 2 is 1.86 bits per heavy atom. The Bertz CT molecular complexity index is 1200. The number of rotatable bonds is 5. The molecular weight excluding hydrogens is 355 g/mol. The molecule has 1 heterocycles. The summed E-state index contributed by atoms with van der Waals surface area (Å²) in [7, 11) is 0.